The third-order valence-electron chi connectivity index (χ3n) is 4.37. The maximum atomic E-state index is 13.4. The average Bonchev–Trinajstić information content (AvgIpc) is 2.89. The van der Waals surface area contributed by atoms with Crippen molar-refractivity contribution in [2.45, 2.75) is 25.3 Å². The maximum Gasteiger partial charge on any atom is 0.322 e. The van der Waals surface area contributed by atoms with Crippen molar-refractivity contribution in [2.24, 2.45) is 0 Å². The lowest BCUT2D eigenvalue weighted by atomic mass is 10.1. The molecule has 0 aliphatic carbocycles. The number of anilines is 1. The molecule has 3 rings (SSSR count). The van der Waals surface area contributed by atoms with E-state index in [0.29, 0.717) is 31.6 Å². The largest absolute Gasteiger partial charge is 0.334 e. The first-order chi connectivity index (χ1) is 10.8. The van der Waals surface area contributed by atoms with E-state index in [4.69, 9.17) is 0 Å². The third-order valence-corrected chi connectivity index (χ3v) is 5.64. The van der Waals surface area contributed by atoms with E-state index in [0.717, 1.165) is 12.0 Å². The molecule has 126 valence electrons. The third kappa shape index (κ3) is 3.48. The summed E-state index contributed by atoms with van der Waals surface area (Å²) in [4.78, 5) is 14.0. The molecule has 1 N–H and O–H groups in total. The number of carbonyl (C=O) groups excluding carboxylic acids is 1. The SMILES string of the molecule is CS(=O)(=O)N1CCCC(NC(=O)N2CCc3ccc(F)cc32)C1. The molecule has 1 unspecified atom stereocenters. The molecule has 23 heavy (non-hydrogen) atoms. The molecule has 1 atom stereocenters. The molecule has 8 heteroatoms. The summed E-state index contributed by atoms with van der Waals surface area (Å²) >= 11 is 0. The van der Waals surface area contributed by atoms with E-state index < -0.39 is 10.0 Å². The molecule has 6 nitrogen and oxygen atoms in total. The lowest BCUT2D eigenvalue weighted by molar-refractivity contribution is 0.231. The number of hydrogen-bond acceptors (Lipinski definition) is 3. The first-order valence-corrected chi connectivity index (χ1v) is 9.51. The molecule has 2 aliphatic rings. The number of hydrogen-bond donors (Lipinski definition) is 1. The summed E-state index contributed by atoms with van der Waals surface area (Å²) in [7, 11) is -3.25. The van der Waals surface area contributed by atoms with E-state index in [9.17, 15) is 17.6 Å². The fourth-order valence-corrected chi connectivity index (χ4v) is 4.09. The summed E-state index contributed by atoms with van der Waals surface area (Å²) in [5, 5.41) is 2.88. The molecular weight excluding hydrogens is 321 g/mol. The highest BCUT2D eigenvalue weighted by Gasteiger charge is 2.30. The number of halogens is 1. The minimum Gasteiger partial charge on any atom is -0.334 e. The molecule has 0 saturated carbocycles. The number of rotatable bonds is 2. The molecular formula is C15H20FN3O3S. The van der Waals surface area contributed by atoms with Crippen LogP contribution in [0.3, 0.4) is 0 Å². The minimum absolute atomic E-state index is 0.219. The number of nitrogens with one attached hydrogen (secondary N) is 1. The zero-order chi connectivity index (χ0) is 16.6. The van der Waals surface area contributed by atoms with Crippen LogP contribution in [-0.4, -0.2) is 50.7 Å². The van der Waals surface area contributed by atoms with Crippen LogP contribution >= 0.6 is 0 Å². The highest BCUT2D eigenvalue weighted by molar-refractivity contribution is 7.88. The normalized spacial score (nSPS) is 22.0. The lowest BCUT2D eigenvalue weighted by Gasteiger charge is -2.32. The Hall–Kier alpha value is -1.67. The molecule has 2 amide bonds. The predicted molar refractivity (Wildman–Crippen MR) is 85.4 cm³/mol. The Balaban J connectivity index is 1.68. The number of benzene rings is 1. The van der Waals surface area contributed by atoms with Gasteiger partial charge in [0.2, 0.25) is 10.0 Å². The fraction of sp³-hybridized carbons (Fsp3) is 0.533. The number of fused-ring (bicyclic) bond motifs is 1. The monoisotopic (exact) mass is 341 g/mol. The van der Waals surface area contributed by atoms with Crippen molar-refractivity contribution in [2.75, 3.05) is 30.8 Å². The van der Waals surface area contributed by atoms with Crippen LogP contribution in [0, 0.1) is 5.82 Å². The summed E-state index contributed by atoms with van der Waals surface area (Å²) in [5.41, 5.74) is 1.54. The van der Waals surface area contributed by atoms with E-state index in [1.165, 1.54) is 27.6 Å². The van der Waals surface area contributed by atoms with Crippen molar-refractivity contribution in [1.82, 2.24) is 9.62 Å². The zero-order valence-electron chi connectivity index (χ0n) is 13.0. The van der Waals surface area contributed by atoms with Crippen molar-refractivity contribution in [3.63, 3.8) is 0 Å². The quantitative estimate of drug-likeness (QED) is 0.882. The van der Waals surface area contributed by atoms with Gasteiger partial charge >= 0.3 is 6.03 Å². The van der Waals surface area contributed by atoms with E-state index in [-0.39, 0.29) is 24.4 Å². The van der Waals surface area contributed by atoms with E-state index in [1.54, 1.807) is 6.07 Å². The van der Waals surface area contributed by atoms with Gasteiger partial charge in [0.25, 0.3) is 0 Å². The predicted octanol–water partition coefficient (Wildman–Crippen LogP) is 1.32. The first kappa shape index (κ1) is 16.2. The molecule has 1 aromatic carbocycles. The van der Waals surface area contributed by atoms with Gasteiger partial charge in [-0.25, -0.2) is 21.9 Å². The number of urea groups is 1. The van der Waals surface area contributed by atoms with Crippen LogP contribution < -0.4 is 10.2 Å². The van der Waals surface area contributed by atoms with E-state index in [1.807, 2.05) is 0 Å². The lowest BCUT2D eigenvalue weighted by Crippen LogP contribution is -2.52. The Labute approximate surface area is 135 Å². The average molecular weight is 341 g/mol. The second kappa shape index (κ2) is 6.09. The molecule has 0 aromatic heterocycles. The second-order valence-electron chi connectivity index (χ2n) is 6.08. The van der Waals surface area contributed by atoms with Gasteiger partial charge in [-0.2, -0.15) is 0 Å². The standard InChI is InChI=1S/C15H20FN3O3S/c1-23(21,22)18-7-2-3-13(10-18)17-15(20)19-8-6-11-4-5-12(16)9-14(11)19/h4-5,9,13H,2-3,6-8,10H2,1H3,(H,17,20). The topological polar surface area (TPSA) is 69.7 Å². The van der Waals surface area contributed by atoms with Gasteiger partial charge in [-0.15, -0.1) is 0 Å². The van der Waals surface area contributed by atoms with Crippen LogP contribution in [0.15, 0.2) is 18.2 Å². The van der Waals surface area contributed by atoms with E-state index >= 15 is 0 Å². The van der Waals surface area contributed by atoms with E-state index in [2.05, 4.69) is 5.32 Å². The number of sulfonamides is 1. The highest BCUT2D eigenvalue weighted by Crippen LogP contribution is 2.28. The summed E-state index contributed by atoms with van der Waals surface area (Å²) in [6.45, 7) is 1.28. The van der Waals surface area contributed by atoms with Gasteiger partial charge in [-0.1, -0.05) is 6.07 Å². The van der Waals surface area contributed by atoms with Crippen molar-refractivity contribution in [3.8, 4) is 0 Å². The van der Waals surface area contributed by atoms with Gasteiger partial charge in [0.05, 0.1) is 11.9 Å². The summed E-state index contributed by atoms with van der Waals surface area (Å²) in [6.07, 6.45) is 3.32. The first-order valence-electron chi connectivity index (χ1n) is 7.66. The minimum atomic E-state index is -3.25. The molecule has 1 saturated heterocycles. The Bertz CT molecular complexity index is 723. The van der Waals surface area contributed by atoms with Crippen LogP contribution in [0.1, 0.15) is 18.4 Å². The number of piperidine rings is 1. The van der Waals surface area contributed by atoms with Crippen molar-refractivity contribution < 1.29 is 17.6 Å². The van der Waals surface area contributed by atoms with Gasteiger partial charge in [0.15, 0.2) is 0 Å². The van der Waals surface area contributed by atoms with Crippen molar-refractivity contribution in [3.05, 3.63) is 29.6 Å². The van der Waals surface area contributed by atoms with Crippen molar-refractivity contribution in [1.29, 1.82) is 0 Å². The maximum absolute atomic E-state index is 13.4. The number of amides is 2. The Morgan fingerprint density at radius 1 is 1.35 bits per heavy atom. The van der Waals surface area contributed by atoms with Gasteiger partial charge in [0.1, 0.15) is 5.82 Å². The molecule has 0 spiro atoms. The fourth-order valence-electron chi connectivity index (χ4n) is 3.18. The molecule has 1 aromatic rings. The molecule has 0 bridgehead atoms. The van der Waals surface area contributed by atoms with Crippen LogP contribution in [-0.2, 0) is 16.4 Å². The van der Waals surface area contributed by atoms with Crippen LogP contribution in [0.4, 0.5) is 14.9 Å². The summed E-state index contributed by atoms with van der Waals surface area (Å²) in [5.74, 6) is -0.371. The van der Waals surface area contributed by atoms with Gasteiger partial charge < -0.3 is 5.32 Å². The van der Waals surface area contributed by atoms with Crippen molar-refractivity contribution >= 4 is 21.7 Å². The van der Waals surface area contributed by atoms with Crippen LogP contribution in [0.5, 0.6) is 0 Å². The van der Waals surface area contributed by atoms with Crippen LogP contribution in [0.25, 0.3) is 0 Å². The van der Waals surface area contributed by atoms with Gasteiger partial charge in [-0.05, 0) is 37.0 Å². The second-order valence-corrected chi connectivity index (χ2v) is 8.07. The molecule has 2 aliphatic heterocycles. The van der Waals surface area contributed by atoms with Gasteiger partial charge in [0, 0.05) is 25.7 Å². The Morgan fingerprint density at radius 2 is 2.13 bits per heavy atom. The highest BCUT2D eigenvalue weighted by atomic mass is 32.2. The van der Waals surface area contributed by atoms with Crippen LogP contribution in [0.2, 0.25) is 0 Å². The Morgan fingerprint density at radius 3 is 2.87 bits per heavy atom. The van der Waals surface area contributed by atoms with Gasteiger partial charge in [-0.3, -0.25) is 4.90 Å². The Kier molecular flexibility index (Phi) is 4.29. The molecule has 2 heterocycles. The summed E-state index contributed by atoms with van der Waals surface area (Å²) in [6, 6.07) is 3.94. The molecule has 1 fully saturated rings. The molecule has 0 radical (unpaired) electrons. The smallest absolute Gasteiger partial charge is 0.322 e. The zero-order valence-corrected chi connectivity index (χ0v) is 13.8. The number of carbonyl (C=O) groups is 1. The summed E-state index contributed by atoms with van der Waals surface area (Å²) < 4.78 is 38.1. The number of nitrogens with zero attached hydrogens (tertiary/aromatic N) is 2.